The quantitative estimate of drug-likeness (QED) is 0.824. The molecule has 0 spiro atoms. The predicted molar refractivity (Wildman–Crippen MR) is 71.4 cm³/mol. The summed E-state index contributed by atoms with van der Waals surface area (Å²) in [5.74, 6) is 1.45. The molecule has 1 N–H and O–H groups in total. The van der Waals surface area contributed by atoms with Crippen LogP contribution in [0.1, 0.15) is 37.1 Å². The molecular formula is C14H24N2O. The molecule has 3 nitrogen and oxygen atoms in total. The number of aromatic nitrogens is 1. The van der Waals surface area contributed by atoms with Crippen molar-refractivity contribution in [3.63, 3.8) is 0 Å². The molecule has 0 fully saturated rings. The average Bonchev–Trinajstić information content (AvgIpc) is 2.22. The first-order chi connectivity index (χ1) is 8.04. The molecule has 0 aliphatic rings. The van der Waals surface area contributed by atoms with Crippen LogP contribution in [0.5, 0.6) is 5.88 Å². The summed E-state index contributed by atoms with van der Waals surface area (Å²) in [5.41, 5.74) is 3.43. The van der Waals surface area contributed by atoms with Crippen LogP contribution in [0.2, 0.25) is 0 Å². The third-order valence-electron chi connectivity index (χ3n) is 2.72. The van der Waals surface area contributed by atoms with Crippen molar-refractivity contribution in [3.05, 3.63) is 22.9 Å². The first kappa shape index (κ1) is 14.0. The molecule has 0 saturated heterocycles. The fourth-order valence-corrected chi connectivity index (χ4v) is 1.73. The van der Waals surface area contributed by atoms with Gasteiger partial charge in [-0.15, -0.1) is 0 Å². The number of hydrogen-bond donors (Lipinski definition) is 1. The summed E-state index contributed by atoms with van der Waals surface area (Å²) in [6.07, 6.45) is 1.06. The molecule has 0 unspecified atom stereocenters. The van der Waals surface area contributed by atoms with Gasteiger partial charge in [-0.3, -0.25) is 0 Å². The van der Waals surface area contributed by atoms with E-state index in [1.165, 1.54) is 11.1 Å². The number of aryl methyl sites for hydroxylation is 2. The zero-order valence-electron chi connectivity index (χ0n) is 11.6. The highest BCUT2D eigenvalue weighted by atomic mass is 16.5. The summed E-state index contributed by atoms with van der Waals surface area (Å²) >= 11 is 0. The van der Waals surface area contributed by atoms with Crippen LogP contribution in [0.25, 0.3) is 0 Å². The highest BCUT2D eigenvalue weighted by Crippen LogP contribution is 2.21. The number of nitrogens with zero attached hydrogens (tertiary/aromatic N) is 1. The molecule has 3 heteroatoms. The van der Waals surface area contributed by atoms with Gasteiger partial charge in [0.15, 0.2) is 0 Å². The third-order valence-corrected chi connectivity index (χ3v) is 2.72. The van der Waals surface area contributed by atoms with Gasteiger partial charge in [-0.25, -0.2) is 4.98 Å². The van der Waals surface area contributed by atoms with Gasteiger partial charge in [-0.2, -0.15) is 0 Å². The normalized spacial score (nSPS) is 10.9. The number of hydrogen-bond acceptors (Lipinski definition) is 3. The molecule has 0 bridgehead atoms. The van der Waals surface area contributed by atoms with Gasteiger partial charge in [-0.1, -0.05) is 13.8 Å². The lowest BCUT2D eigenvalue weighted by Crippen LogP contribution is -2.12. The number of ether oxygens (including phenoxy) is 1. The Morgan fingerprint density at radius 3 is 2.65 bits per heavy atom. The molecule has 0 saturated carbocycles. The van der Waals surface area contributed by atoms with Gasteiger partial charge < -0.3 is 10.1 Å². The summed E-state index contributed by atoms with van der Waals surface area (Å²) in [4.78, 5) is 4.49. The van der Waals surface area contributed by atoms with Gasteiger partial charge in [0.25, 0.3) is 0 Å². The van der Waals surface area contributed by atoms with Crippen molar-refractivity contribution >= 4 is 0 Å². The molecular weight excluding hydrogens is 212 g/mol. The van der Waals surface area contributed by atoms with E-state index in [-0.39, 0.29) is 0 Å². The minimum Gasteiger partial charge on any atom is -0.477 e. The van der Waals surface area contributed by atoms with Crippen molar-refractivity contribution in [1.82, 2.24) is 10.3 Å². The second kappa shape index (κ2) is 6.60. The lowest BCUT2D eigenvalue weighted by atomic mass is 10.1. The second-order valence-corrected chi connectivity index (χ2v) is 4.93. The fourth-order valence-electron chi connectivity index (χ4n) is 1.73. The minimum absolute atomic E-state index is 0.661. The lowest BCUT2D eigenvalue weighted by Gasteiger charge is -2.14. The van der Waals surface area contributed by atoms with Gasteiger partial charge >= 0.3 is 0 Å². The maximum Gasteiger partial charge on any atom is 0.218 e. The van der Waals surface area contributed by atoms with E-state index in [4.69, 9.17) is 4.74 Å². The van der Waals surface area contributed by atoms with Crippen molar-refractivity contribution in [2.24, 2.45) is 5.92 Å². The molecule has 1 rings (SSSR count). The number of rotatable bonds is 6. The standard InChI is InChI=1S/C14H24N2O/c1-10(2)6-7-17-14-13(9-15-5)11(3)8-12(4)16-14/h8,10,15H,6-7,9H2,1-5H3. The van der Waals surface area contributed by atoms with E-state index in [1.807, 2.05) is 14.0 Å². The van der Waals surface area contributed by atoms with E-state index in [0.717, 1.165) is 31.1 Å². The smallest absolute Gasteiger partial charge is 0.218 e. The summed E-state index contributed by atoms with van der Waals surface area (Å²) < 4.78 is 5.81. The van der Waals surface area contributed by atoms with E-state index in [1.54, 1.807) is 0 Å². The average molecular weight is 236 g/mol. The minimum atomic E-state index is 0.661. The fraction of sp³-hybridized carbons (Fsp3) is 0.643. The van der Waals surface area contributed by atoms with Crippen molar-refractivity contribution in [2.45, 2.75) is 40.7 Å². The Bertz CT molecular complexity index is 361. The Labute approximate surface area is 105 Å². The van der Waals surface area contributed by atoms with Crippen LogP contribution >= 0.6 is 0 Å². The molecule has 1 heterocycles. The maximum absolute atomic E-state index is 5.81. The van der Waals surface area contributed by atoms with Crippen LogP contribution in [-0.2, 0) is 6.54 Å². The largest absolute Gasteiger partial charge is 0.477 e. The Balaban J connectivity index is 2.80. The van der Waals surface area contributed by atoms with Gasteiger partial charge in [0.2, 0.25) is 5.88 Å². The van der Waals surface area contributed by atoms with Gasteiger partial charge in [-0.05, 0) is 44.9 Å². The zero-order valence-corrected chi connectivity index (χ0v) is 11.6. The molecule has 0 amide bonds. The van der Waals surface area contributed by atoms with Crippen molar-refractivity contribution < 1.29 is 4.74 Å². The maximum atomic E-state index is 5.81. The summed E-state index contributed by atoms with van der Waals surface area (Å²) in [5, 5.41) is 3.16. The number of pyridine rings is 1. The highest BCUT2D eigenvalue weighted by Gasteiger charge is 2.09. The van der Waals surface area contributed by atoms with Gasteiger partial charge in [0, 0.05) is 17.8 Å². The van der Waals surface area contributed by atoms with Gasteiger partial charge in [0.1, 0.15) is 0 Å². The van der Waals surface area contributed by atoms with Crippen molar-refractivity contribution in [2.75, 3.05) is 13.7 Å². The Morgan fingerprint density at radius 1 is 1.35 bits per heavy atom. The molecule has 1 aromatic rings. The third kappa shape index (κ3) is 4.35. The van der Waals surface area contributed by atoms with Crippen molar-refractivity contribution in [1.29, 1.82) is 0 Å². The number of nitrogens with one attached hydrogen (secondary N) is 1. The SMILES string of the molecule is CNCc1c(C)cc(C)nc1OCCC(C)C. The predicted octanol–water partition coefficient (Wildman–Crippen LogP) is 2.84. The molecule has 17 heavy (non-hydrogen) atoms. The molecule has 0 radical (unpaired) electrons. The van der Waals surface area contributed by atoms with Crippen LogP contribution in [0.4, 0.5) is 0 Å². The second-order valence-electron chi connectivity index (χ2n) is 4.93. The van der Waals surface area contributed by atoms with Crippen molar-refractivity contribution in [3.8, 4) is 5.88 Å². The van der Waals surface area contributed by atoms with E-state index < -0.39 is 0 Å². The molecule has 0 aliphatic carbocycles. The van der Waals surface area contributed by atoms with Crippen LogP contribution in [0, 0.1) is 19.8 Å². The van der Waals surface area contributed by atoms with Crippen LogP contribution in [-0.4, -0.2) is 18.6 Å². The Morgan fingerprint density at radius 2 is 2.06 bits per heavy atom. The lowest BCUT2D eigenvalue weighted by molar-refractivity contribution is 0.275. The molecule has 0 aromatic carbocycles. The van der Waals surface area contributed by atoms with E-state index >= 15 is 0 Å². The van der Waals surface area contributed by atoms with E-state index in [2.05, 4.69) is 37.1 Å². The Hall–Kier alpha value is -1.09. The Kier molecular flexibility index (Phi) is 5.42. The van der Waals surface area contributed by atoms with Crippen LogP contribution in [0.15, 0.2) is 6.07 Å². The summed E-state index contributed by atoms with van der Waals surface area (Å²) in [6.45, 7) is 10.1. The topological polar surface area (TPSA) is 34.2 Å². The molecule has 0 atom stereocenters. The zero-order chi connectivity index (χ0) is 12.8. The molecule has 96 valence electrons. The van der Waals surface area contributed by atoms with E-state index in [9.17, 15) is 0 Å². The van der Waals surface area contributed by atoms with Crippen LogP contribution in [0.3, 0.4) is 0 Å². The monoisotopic (exact) mass is 236 g/mol. The first-order valence-corrected chi connectivity index (χ1v) is 6.29. The van der Waals surface area contributed by atoms with Crippen LogP contribution < -0.4 is 10.1 Å². The summed E-state index contributed by atoms with van der Waals surface area (Å²) in [6, 6.07) is 2.10. The first-order valence-electron chi connectivity index (χ1n) is 6.29. The van der Waals surface area contributed by atoms with E-state index in [0.29, 0.717) is 5.92 Å². The molecule has 1 aromatic heterocycles. The summed E-state index contributed by atoms with van der Waals surface area (Å²) in [7, 11) is 1.94. The van der Waals surface area contributed by atoms with Gasteiger partial charge in [0.05, 0.1) is 6.61 Å². The highest BCUT2D eigenvalue weighted by molar-refractivity contribution is 5.35. The molecule has 0 aliphatic heterocycles.